The Labute approximate surface area is 63.0 Å². The second-order valence-electron chi connectivity index (χ2n) is 1.82. The van der Waals surface area contributed by atoms with Crippen LogP contribution in [0.3, 0.4) is 0 Å². The number of aromatic nitrogens is 2. The van der Waals surface area contributed by atoms with Crippen molar-refractivity contribution in [3.05, 3.63) is 18.0 Å². The second kappa shape index (κ2) is 3.50. The zero-order valence-corrected chi connectivity index (χ0v) is 5.94. The number of hydrogen-bond donors (Lipinski definition) is 1. The molecule has 0 amide bonds. The van der Waals surface area contributed by atoms with Gasteiger partial charge in [-0.25, -0.2) is 4.79 Å². The minimum Gasteiger partial charge on any atom is -0.319 e. The van der Waals surface area contributed by atoms with Gasteiger partial charge in [-0.1, -0.05) is 5.16 Å². The highest BCUT2D eigenvalue weighted by atomic mass is 16.7. The number of nitrogens with one attached hydrogen (secondary N) is 1. The Morgan fingerprint density at radius 1 is 1.91 bits per heavy atom. The molecule has 0 atom stereocenters. The third-order valence-corrected chi connectivity index (χ3v) is 0.889. The standard InChI is InChI=1S/C6H7N3O2/c1-5(10)11-8-4-6-2-3-7-9-6/h2-4H,1H3,(H,7,9)/b8-4+. The maximum absolute atomic E-state index is 10.2. The molecule has 1 aromatic rings. The molecule has 0 saturated heterocycles. The summed E-state index contributed by atoms with van der Waals surface area (Å²) in [6.45, 7) is 1.28. The summed E-state index contributed by atoms with van der Waals surface area (Å²) in [5, 5.41) is 9.69. The van der Waals surface area contributed by atoms with Crippen LogP contribution in [0.25, 0.3) is 0 Å². The van der Waals surface area contributed by atoms with Crippen molar-refractivity contribution in [2.45, 2.75) is 6.92 Å². The van der Waals surface area contributed by atoms with Crippen LogP contribution in [0.5, 0.6) is 0 Å². The Morgan fingerprint density at radius 3 is 3.27 bits per heavy atom. The summed E-state index contributed by atoms with van der Waals surface area (Å²) >= 11 is 0. The van der Waals surface area contributed by atoms with E-state index in [1.807, 2.05) is 0 Å². The predicted octanol–water partition coefficient (Wildman–Crippen LogP) is 0.307. The van der Waals surface area contributed by atoms with Gasteiger partial charge in [-0.15, -0.1) is 0 Å². The molecule has 0 bridgehead atoms. The number of hydrogen-bond acceptors (Lipinski definition) is 4. The monoisotopic (exact) mass is 153 g/mol. The SMILES string of the molecule is CC(=O)O/N=C/c1cc[nH]n1. The molecule has 1 rings (SSSR count). The summed E-state index contributed by atoms with van der Waals surface area (Å²) in [5.74, 6) is -0.447. The lowest BCUT2D eigenvalue weighted by Crippen LogP contribution is -1.91. The largest absolute Gasteiger partial charge is 0.331 e. The fourth-order valence-electron chi connectivity index (χ4n) is 0.498. The van der Waals surface area contributed by atoms with Crippen LogP contribution in [0.4, 0.5) is 0 Å². The Balaban J connectivity index is 2.43. The van der Waals surface area contributed by atoms with Gasteiger partial charge >= 0.3 is 5.97 Å². The maximum Gasteiger partial charge on any atom is 0.331 e. The fourth-order valence-corrected chi connectivity index (χ4v) is 0.498. The van der Waals surface area contributed by atoms with E-state index >= 15 is 0 Å². The van der Waals surface area contributed by atoms with Crippen molar-refractivity contribution >= 4 is 12.2 Å². The molecule has 0 fully saturated rings. The topological polar surface area (TPSA) is 67.3 Å². The second-order valence-corrected chi connectivity index (χ2v) is 1.82. The first kappa shape index (κ1) is 7.46. The number of rotatable bonds is 2. The molecule has 5 nitrogen and oxygen atoms in total. The van der Waals surface area contributed by atoms with Gasteiger partial charge in [-0.2, -0.15) is 5.10 Å². The average Bonchev–Trinajstić information content (AvgIpc) is 2.39. The van der Waals surface area contributed by atoms with Gasteiger partial charge in [-0.3, -0.25) is 5.10 Å². The minimum atomic E-state index is -0.447. The average molecular weight is 153 g/mol. The highest BCUT2D eigenvalue weighted by molar-refractivity contribution is 5.77. The van der Waals surface area contributed by atoms with Crippen molar-refractivity contribution in [1.82, 2.24) is 10.2 Å². The van der Waals surface area contributed by atoms with Gasteiger partial charge in [0.05, 0.1) is 6.21 Å². The summed E-state index contributed by atoms with van der Waals surface area (Å²) in [6, 6.07) is 1.70. The normalized spacial score (nSPS) is 10.3. The quantitative estimate of drug-likeness (QED) is 0.377. The third-order valence-electron chi connectivity index (χ3n) is 0.889. The molecule has 1 N–H and O–H groups in total. The van der Waals surface area contributed by atoms with Gasteiger partial charge in [0, 0.05) is 13.1 Å². The summed E-state index contributed by atoms with van der Waals surface area (Å²) in [4.78, 5) is 14.5. The molecule has 1 aromatic heterocycles. The van der Waals surface area contributed by atoms with Crippen molar-refractivity contribution in [2.24, 2.45) is 5.16 Å². The molecule has 0 unspecified atom stereocenters. The number of H-pyrrole nitrogens is 1. The van der Waals surface area contributed by atoms with E-state index in [9.17, 15) is 4.79 Å². The van der Waals surface area contributed by atoms with E-state index in [1.54, 1.807) is 12.3 Å². The van der Waals surface area contributed by atoms with Crippen molar-refractivity contribution in [1.29, 1.82) is 0 Å². The first-order valence-corrected chi connectivity index (χ1v) is 3.00. The molecule has 0 aliphatic heterocycles. The lowest BCUT2D eigenvalue weighted by atomic mass is 10.5. The van der Waals surface area contributed by atoms with Crippen LogP contribution in [0, 0.1) is 0 Å². The lowest BCUT2D eigenvalue weighted by Gasteiger charge is -1.85. The maximum atomic E-state index is 10.2. The van der Waals surface area contributed by atoms with Gasteiger partial charge in [0.2, 0.25) is 0 Å². The molecule has 1 heterocycles. The van der Waals surface area contributed by atoms with Crippen molar-refractivity contribution in [2.75, 3.05) is 0 Å². The van der Waals surface area contributed by atoms with Gasteiger partial charge in [0.1, 0.15) is 5.69 Å². The number of aromatic amines is 1. The van der Waals surface area contributed by atoms with Gasteiger partial charge < -0.3 is 4.84 Å². The molecule has 0 saturated carbocycles. The molecule has 0 aliphatic carbocycles. The van der Waals surface area contributed by atoms with Crippen molar-refractivity contribution in [3.8, 4) is 0 Å². The van der Waals surface area contributed by atoms with Crippen LogP contribution in [0.1, 0.15) is 12.6 Å². The van der Waals surface area contributed by atoms with Crippen LogP contribution in [-0.2, 0) is 9.63 Å². The summed E-state index contributed by atoms with van der Waals surface area (Å²) < 4.78 is 0. The van der Waals surface area contributed by atoms with Gasteiger partial charge in [-0.05, 0) is 6.07 Å². The number of nitrogens with zero attached hydrogens (tertiary/aromatic N) is 2. The molecule has 0 radical (unpaired) electrons. The van der Waals surface area contributed by atoms with E-state index in [0.717, 1.165) is 0 Å². The van der Waals surface area contributed by atoms with Crippen LogP contribution >= 0.6 is 0 Å². The highest BCUT2D eigenvalue weighted by Gasteiger charge is 1.89. The summed E-state index contributed by atoms with van der Waals surface area (Å²) in [5.41, 5.74) is 0.617. The van der Waals surface area contributed by atoms with E-state index in [-0.39, 0.29) is 0 Å². The van der Waals surface area contributed by atoms with Crippen molar-refractivity contribution < 1.29 is 9.63 Å². The zero-order chi connectivity index (χ0) is 8.10. The van der Waals surface area contributed by atoms with Crippen molar-refractivity contribution in [3.63, 3.8) is 0 Å². The van der Waals surface area contributed by atoms with Crippen LogP contribution in [0.2, 0.25) is 0 Å². The molecular weight excluding hydrogens is 146 g/mol. The smallest absolute Gasteiger partial charge is 0.319 e. The fraction of sp³-hybridized carbons (Fsp3) is 0.167. The van der Waals surface area contributed by atoms with Crippen LogP contribution < -0.4 is 0 Å². The summed E-state index contributed by atoms with van der Waals surface area (Å²) in [7, 11) is 0. The molecule has 0 spiro atoms. The van der Waals surface area contributed by atoms with E-state index < -0.39 is 5.97 Å². The molecule has 0 aromatic carbocycles. The molecule has 5 heteroatoms. The Bertz CT molecular complexity index is 253. The highest BCUT2D eigenvalue weighted by Crippen LogP contribution is 1.86. The Morgan fingerprint density at radius 2 is 2.73 bits per heavy atom. The van der Waals surface area contributed by atoms with Gasteiger partial charge in [0.15, 0.2) is 0 Å². The van der Waals surface area contributed by atoms with E-state index in [2.05, 4.69) is 20.2 Å². The lowest BCUT2D eigenvalue weighted by molar-refractivity contribution is -0.140. The number of oxime groups is 1. The van der Waals surface area contributed by atoms with E-state index in [0.29, 0.717) is 5.69 Å². The molecular formula is C6H7N3O2. The molecule has 58 valence electrons. The first-order chi connectivity index (χ1) is 5.29. The predicted molar refractivity (Wildman–Crippen MR) is 37.9 cm³/mol. The zero-order valence-electron chi connectivity index (χ0n) is 5.94. The number of carbonyl (C=O) groups is 1. The number of carbonyl (C=O) groups excluding carboxylic acids is 1. The summed E-state index contributed by atoms with van der Waals surface area (Å²) in [6.07, 6.45) is 2.99. The third kappa shape index (κ3) is 2.61. The molecule has 0 aliphatic rings. The van der Waals surface area contributed by atoms with E-state index in [4.69, 9.17) is 0 Å². The Kier molecular flexibility index (Phi) is 2.37. The van der Waals surface area contributed by atoms with Crippen LogP contribution in [-0.4, -0.2) is 22.4 Å². The van der Waals surface area contributed by atoms with E-state index in [1.165, 1.54) is 13.1 Å². The first-order valence-electron chi connectivity index (χ1n) is 3.00. The molecule has 11 heavy (non-hydrogen) atoms. The van der Waals surface area contributed by atoms with Crippen LogP contribution in [0.15, 0.2) is 17.4 Å². The Hall–Kier alpha value is -1.65. The van der Waals surface area contributed by atoms with Gasteiger partial charge in [0.25, 0.3) is 0 Å². The minimum absolute atomic E-state index is 0.447.